The van der Waals surface area contributed by atoms with Gasteiger partial charge in [0, 0.05) is 5.57 Å². The maximum absolute atomic E-state index is 13.1. The van der Waals surface area contributed by atoms with E-state index in [2.05, 4.69) is 6.58 Å². The van der Waals surface area contributed by atoms with E-state index in [0.29, 0.717) is 5.57 Å². The lowest BCUT2D eigenvalue weighted by molar-refractivity contribution is -0.139. The van der Waals surface area contributed by atoms with Crippen molar-refractivity contribution < 1.29 is 13.9 Å². The van der Waals surface area contributed by atoms with Crippen molar-refractivity contribution >= 4 is 5.97 Å². The molecule has 3 rings (SSSR count). The van der Waals surface area contributed by atoms with Crippen LogP contribution in [0, 0.1) is 12.7 Å². The van der Waals surface area contributed by atoms with E-state index in [9.17, 15) is 9.18 Å². The van der Waals surface area contributed by atoms with Gasteiger partial charge in [0.1, 0.15) is 11.9 Å². The first kappa shape index (κ1) is 13.6. The van der Waals surface area contributed by atoms with Gasteiger partial charge in [-0.15, -0.1) is 0 Å². The lowest BCUT2D eigenvalue weighted by atomic mass is 9.86. The third-order valence-corrected chi connectivity index (χ3v) is 3.81. The zero-order valence-corrected chi connectivity index (χ0v) is 11.7. The molecule has 2 atom stereocenters. The first-order valence-electron chi connectivity index (χ1n) is 6.78. The van der Waals surface area contributed by atoms with Crippen LogP contribution in [0.3, 0.4) is 0 Å². The largest absolute Gasteiger partial charge is 0.453 e. The van der Waals surface area contributed by atoms with Gasteiger partial charge >= 0.3 is 5.97 Å². The highest BCUT2D eigenvalue weighted by atomic mass is 19.1. The summed E-state index contributed by atoms with van der Waals surface area (Å²) >= 11 is 0. The van der Waals surface area contributed by atoms with Crippen LogP contribution in [0.4, 0.5) is 4.39 Å². The van der Waals surface area contributed by atoms with Gasteiger partial charge < -0.3 is 4.74 Å². The zero-order chi connectivity index (χ0) is 15.0. The van der Waals surface area contributed by atoms with Crippen molar-refractivity contribution in [2.24, 2.45) is 0 Å². The van der Waals surface area contributed by atoms with E-state index in [0.717, 1.165) is 16.7 Å². The molecule has 0 bridgehead atoms. The number of cyclic esters (lactones) is 1. The molecule has 1 aliphatic rings. The number of esters is 1. The number of benzene rings is 2. The second kappa shape index (κ2) is 5.17. The van der Waals surface area contributed by atoms with E-state index in [4.69, 9.17) is 4.74 Å². The predicted molar refractivity (Wildman–Crippen MR) is 78.3 cm³/mol. The normalized spacial score (nSPS) is 21.4. The van der Waals surface area contributed by atoms with E-state index < -0.39 is 12.1 Å². The summed E-state index contributed by atoms with van der Waals surface area (Å²) < 4.78 is 18.5. The zero-order valence-electron chi connectivity index (χ0n) is 11.7. The molecule has 2 aromatic rings. The van der Waals surface area contributed by atoms with Gasteiger partial charge in [-0.1, -0.05) is 48.5 Å². The van der Waals surface area contributed by atoms with Crippen LogP contribution in [0.2, 0.25) is 0 Å². The lowest BCUT2D eigenvalue weighted by Gasteiger charge is -2.18. The first-order valence-corrected chi connectivity index (χ1v) is 6.78. The Labute approximate surface area is 122 Å². The smallest absolute Gasteiger partial charge is 0.334 e. The number of hydrogen-bond acceptors (Lipinski definition) is 2. The molecule has 0 aliphatic carbocycles. The fourth-order valence-corrected chi connectivity index (χ4v) is 2.63. The second-order valence-corrected chi connectivity index (χ2v) is 5.29. The molecule has 2 unspecified atom stereocenters. The van der Waals surface area contributed by atoms with Crippen molar-refractivity contribution in [3.63, 3.8) is 0 Å². The standard InChI is InChI=1S/C18H15FO2/c1-11-3-5-13(6-4-11)16-12(2)18(20)21-17(16)14-7-9-15(19)10-8-14/h3-10,16-17H,2H2,1H3. The van der Waals surface area contributed by atoms with Crippen molar-refractivity contribution in [2.45, 2.75) is 18.9 Å². The Morgan fingerprint density at radius 1 is 1.00 bits per heavy atom. The van der Waals surface area contributed by atoms with E-state index >= 15 is 0 Å². The summed E-state index contributed by atoms with van der Waals surface area (Å²) in [5.41, 5.74) is 3.33. The minimum absolute atomic E-state index is 0.233. The third kappa shape index (κ3) is 2.47. The van der Waals surface area contributed by atoms with Crippen LogP contribution in [-0.2, 0) is 9.53 Å². The molecule has 106 valence electrons. The molecule has 0 saturated carbocycles. The van der Waals surface area contributed by atoms with Crippen LogP contribution in [0.5, 0.6) is 0 Å². The molecular weight excluding hydrogens is 267 g/mol. The van der Waals surface area contributed by atoms with E-state index in [1.54, 1.807) is 12.1 Å². The summed E-state index contributed by atoms with van der Waals surface area (Å²) in [5, 5.41) is 0. The summed E-state index contributed by atoms with van der Waals surface area (Å²) in [6.07, 6.45) is -0.451. The van der Waals surface area contributed by atoms with Gasteiger partial charge in [-0.05, 0) is 30.2 Å². The number of halogens is 1. The number of aryl methyl sites for hydroxylation is 1. The van der Waals surface area contributed by atoms with Crippen molar-refractivity contribution in [2.75, 3.05) is 0 Å². The quantitative estimate of drug-likeness (QED) is 0.613. The van der Waals surface area contributed by atoms with Crippen LogP contribution in [0.25, 0.3) is 0 Å². The molecule has 1 saturated heterocycles. The van der Waals surface area contributed by atoms with Gasteiger partial charge in [-0.25, -0.2) is 9.18 Å². The Balaban J connectivity index is 2.02. The molecule has 1 fully saturated rings. The SMILES string of the molecule is C=C1C(=O)OC(c2ccc(F)cc2)C1c1ccc(C)cc1. The van der Waals surface area contributed by atoms with Crippen LogP contribution in [0.15, 0.2) is 60.7 Å². The van der Waals surface area contributed by atoms with Crippen LogP contribution < -0.4 is 0 Å². The van der Waals surface area contributed by atoms with E-state index in [-0.39, 0.29) is 11.7 Å². The number of rotatable bonds is 2. The van der Waals surface area contributed by atoms with Crippen molar-refractivity contribution in [3.05, 3.63) is 83.2 Å². The Morgan fingerprint density at radius 3 is 2.19 bits per heavy atom. The molecule has 2 aromatic carbocycles. The van der Waals surface area contributed by atoms with Gasteiger partial charge in [-0.2, -0.15) is 0 Å². The molecule has 3 heteroatoms. The average molecular weight is 282 g/mol. The second-order valence-electron chi connectivity index (χ2n) is 5.29. The molecule has 1 heterocycles. The van der Waals surface area contributed by atoms with Crippen LogP contribution in [0.1, 0.15) is 28.7 Å². The number of hydrogen-bond donors (Lipinski definition) is 0. The summed E-state index contributed by atoms with van der Waals surface area (Å²) in [6.45, 7) is 5.87. The van der Waals surface area contributed by atoms with Gasteiger partial charge in [0.25, 0.3) is 0 Å². The summed E-state index contributed by atoms with van der Waals surface area (Å²) in [5.74, 6) is -0.938. The molecule has 2 nitrogen and oxygen atoms in total. The monoisotopic (exact) mass is 282 g/mol. The highest BCUT2D eigenvalue weighted by molar-refractivity contribution is 5.92. The van der Waals surface area contributed by atoms with Crippen molar-refractivity contribution in [1.29, 1.82) is 0 Å². The molecule has 0 spiro atoms. The summed E-state index contributed by atoms with van der Waals surface area (Å²) in [7, 11) is 0. The topological polar surface area (TPSA) is 26.3 Å². The Morgan fingerprint density at radius 2 is 1.57 bits per heavy atom. The van der Waals surface area contributed by atoms with E-state index in [1.165, 1.54) is 12.1 Å². The van der Waals surface area contributed by atoms with Gasteiger partial charge in [-0.3, -0.25) is 0 Å². The maximum Gasteiger partial charge on any atom is 0.334 e. The molecule has 0 radical (unpaired) electrons. The minimum Gasteiger partial charge on any atom is -0.453 e. The first-order chi connectivity index (χ1) is 10.1. The third-order valence-electron chi connectivity index (χ3n) is 3.81. The average Bonchev–Trinajstić information content (AvgIpc) is 2.77. The van der Waals surface area contributed by atoms with Gasteiger partial charge in [0.05, 0.1) is 5.92 Å². The Bertz CT molecular complexity index is 686. The van der Waals surface area contributed by atoms with Crippen molar-refractivity contribution in [1.82, 2.24) is 0 Å². The van der Waals surface area contributed by atoms with Crippen LogP contribution in [-0.4, -0.2) is 5.97 Å². The van der Waals surface area contributed by atoms with Crippen LogP contribution >= 0.6 is 0 Å². The van der Waals surface area contributed by atoms with Crippen molar-refractivity contribution in [3.8, 4) is 0 Å². The summed E-state index contributed by atoms with van der Waals surface area (Å²) in [4.78, 5) is 11.9. The molecule has 21 heavy (non-hydrogen) atoms. The van der Waals surface area contributed by atoms with E-state index in [1.807, 2.05) is 31.2 Å². The van der Waals surface area contributed by atoms with Gasteiger partial charge in [0.15, 0.2) is 0 Å². The molecule has 0 amide bonds. The molecular formula is C18H15FO2. The van der Waals surface area contributed by atoms with Gasteiger partial charge in [0.2, 0.25) is 0 Å². The predicted octanol–water partition coefficient (Wildman–Crippen LogP) is 4.07. The fraction of sp³-hybridized carbons (Fsp3) is 0.167. The molecule has 0 N–H and O–H groups in total. The minimum atomic E-state index is -0.451. The maximum atomic E-state index is 13.1. The Kier molecular flexibility index (Phi) is 3.34. The summed E-state index contributed by atoms with van der Waals surface area (Å²) in [6, 6.07) is 14.0. The number of ether oxygens (including phenoxy) is 1. The fourth-order valence-electron chi connectivity index (χ4n) is 2.63. The highest BCUT2D eigenvalue weighted by Gasteiger charge is 2.40. The molecule has 0 aromatic heterocycles. The lowest BCUT2D eigenvalue weighted by Crippen LogP contribution is -2.07. The molecule has 1 aliphatic heterocycles. The Hall–Kier alpha value is -2.42. The number of carbonyl (C=O) groups is 1. The number of carbonyl (C=O) groups excluding carboxylic acids is 1. The highest BCUT2D eigenvalue weighted by Crippen LogP contribution is 2.44.